The minimum absolute atomic E-state index is 0.0235. The summed E-state index contributed by atoms with van der Waals surface area (Å²) in [6.07, 6.45) is 12.2. The second kappa shape index (κ2) is 13.4. The van der Waals surface area contributed by atoms with Gasteiger partial charge in [-0.2, -0.15) is 0 Å². The molecule has 0 aromatic heterocycles. The molecule has 0 fully saturated rings. The highest BCUT2D eigenvalue weighted by Gasteiger charge is 2.30. The van der Waals surface area contributed by atoms with Gasteiger partial charge >= 0.3 is 5.97 Å². The second-order valence-corrected chi connectivity index (χ2v) is 6.75. The molecule has 0 rings (SSSR count). The zero-order valence-electron chi connectivity index (χ0n) is 15.6. The van der Waals surface area contributed by atoms with Crippen LogP contribution in [0.3, 0.4) is 0 Å². The Hall–Kier alpha value is -1.06. The van der Waals surface area contributed by atoms with E-state index in [0.717, 1.165) is 19.3 Å². The summed E-state index contributed by atoms with van der Waals surface area (Å²) in [7, 11) is 1.63. The van der Waals surface area contributed by atoms with Gasteiger partial charge in [0.25, 0.3) is 0 Å². The van der Waals surface area contributed by atoms with Crippen LogP contribution in [0.25, 0.3) is 0 Å². The van der Waals surface area contributed by atoms with Gasteiger partial charge in [-0.25, -0.2) is 4.79 Å². The van der Waals surface area contributed by atoms with Crippen molar-refractivity contribution >= 4 is 11.9 Å². The molecule has 0 aromatic carbocycles. The number of likely N-dealkylation sites (N-methyl/N-ethyl adjacent to an activating group) is 1. The monoisotopic (exact) mass is 327 g/mol. The lowest BCUT2D eigenvalue weighted by atomic mass is 9.97. The molecule has 0 aliphatic carbocycles. The van der Waals surface area contributed by atoms with Crippen molar-refractivity contribution in [1.82, 2.24) is 4.90 Å². The third-order valence-corrected chi connectivity index (χ3v) is 4.74. The Morgan fingerprint density at radius 2 is 1.39 bits per heavy atom. The first-order valence-electron chi connectivity index (χ1n) is 9.44. The molecule has 1 amide bonds. The topological polar surface area (TPSA) is 57.6 Å². The number of carboxylic acids is 1. The molecule has 4 nitrogen and oxygen atoms in total. The van der Waals surface area contributed by atoms with Crippen molar-refractivity contribution in [2.24, 2.45) is 5.92 Å². The summed E-state index contributed by atoms with van der Waals surface area (Å²) in [5.74, 6) is -0.965. The predicted octanol–water partition coefficient (Wildman–Crippen LogP) is 4.87. The first-order chi connectivity index (χ1) is 11.0. The standard InChI is InChI=1S/C19H37NO3/c1-5-7-8-9-10-11-12-13-14-15-17(21)20(4)18(19(22)23)16(3)6-2/h16,18H,5-15H2,1-4H3,(H,22,23)/t16-,18-/m0/s1. The number of amides is 1. The van der Waals surface area contributed by atoms with Gasteiger partial charge in [-0.15, -0.1) is 0 Å². The Labute approximate surface area is 142 Å². The SMILES string of the molecule is CCCCCCCCCCCC(=O)N(C)[C@H](C(=O)O)[C@@H](C)CC. The van der Waals surface area contributed by atoms with Gasteiger partial charge in [0.1, 0.15) is 6.04 Å². The number of hydrogen-bond donors (Lipinski definition) is 1. The van der Waals surface area contributed by atoms with Gasteiger partial charge in [0.2, 0.25) is 5.91 Å². The molecule has 23 heavy (non-hydrogen) atoms. The van der Waals surface area contributed by atoms with Crippen LogP contribution in [0.1, 0.15) is 91.4 Å². The Morgan fingerprint density at radius 1 is 0.913 bits per heavy atom. The van der Waals surface area contributed by atoms with Gasteiger partial charge in [-0.3, -0.25) is 4.79 Å². The highest BCUT2D eigenvalue weighted by molar-refractivity contribution is 5.83. The number of aliphatic carboxylic acids is 1. The number of unbranched alkanes of at least 4 members (excludes halogenated alkanes) is 8. The number of rotatable bonds is 14. The second-order valence-electron chi connectivity index (χ2n) is 6.75. The zero-order chi connectivity index (χ0) is 17.7. The number of nitrogens with zero attached hydrogens (tertiary/aromatic N) is 1. The van der Waals surface area contributed by atoms with E-state index in [9.17, 15) is 14.7 Å². The molecule has 136 valence electrons. The normalized spacial score (nSPS) is 13.6. The summed E-state index contributed by atoms with van der Waals surface area (Å²) in [5, 5.41) is 9.33. The van der Waals surface area contributed by atoms with E-state index in [4.69, 9.17) is 0 Å². The lowest BCUT2D eigenvalue weighted by Crippen LogP contribution is -2.46. The average Bonchev–Trinajstić information content (AvgIpc) is 2.52. The smallest absolute Gasteiger partial charge is 0.326 e. The van der Waals surface area contributed by atoms with E-state index in [2.05, 4.69) is 6.92 Å². The van der Waals surface area contributed by atoms with E-state index >= 15 is 0 Å². The molecule has 0 spiro atoms. The van der Waals surface area contributed by atoms with Crippen molar-refractivity contribution < 1.29 is 14.7 Å². The highest BCUT2D eigenvalue weighted by atomic mass is 16.4. The molecule has 0 aromatic rings. The molecular weight excluding hydrogens is 290 g/mol. The molecule has 0 unspecified atom stereocenters. The molecule has 0 saturated heterocycles. The van der Waals surface area contributed by atoms with Crippen LogP contribution in [0.2, 0.25) is 0 Å². The van der Waals surface area contributed by atoms with Gasteiger partial charge in [0, 0.05) is 13.5 Å². The van der Waals surface area contributed by atoms with Crippen molar-refractivity contribution in [3.63, 3.8) is 0 Å². The first-order valence-corrected chi connectivity index (χ1v) is 9.44. The molecule has 0 heterocycles. The van der Waals surface area contributed by atoms with Gasteiger partial charge in [-0.1, -0.05) is 78.6 Å². The van der Waals surface area contributed by atoms with Crippen LogP contribution in [-0.4, -0.2) is 35.0 Å². The Kier molecular flexibility index (Phi) is 12.8. The molecule has 1 N–H and O–H groups in total. The number of hydrogen-bond acceptors (Lipinski definition) is 2. The molecule has 0 aliphatic rings. The minimum Gasteiger partial charge on any atom is -0.480 e. The van der Waals surface area contributed by atoms with Crippen LogP contribution >= 0.6 is 0 Å². The largest absolute Gasteiger partial charge is 0.480 e. The lowest BCUT2D eigenvalue weighted by molar-refractivity contribution is -0.151. The van der Waals surface area contributed by atoms with Crippen molar-refractivity contribution in [3.05, 3.63) is 0 Å². The fraction of sp³-hybridized carbons (Fsp3) is 0.895. The Bertz CT molecular complexity index is 331. The first kappa shape index (κ1) is 21.9. The van der Waals surface area contributed by atoms with E-state index in [1.54, 1.807) is 7.05 Å². The summed E-state index contributed by atoms with van der Waals surface area (Å²) >= 11 is 0. The van der Waals surface area contributed by atoms with Crippen LogP contribution in [-0.2, 0) is 9.59 Å². The maximum absolute atomic E-state index is 12.2. The van der Waals surface area contributed by atoms with Crippen LogP contribution in [0.15, 0.2) is 0 Å². The van der Waals surface area contributed by atoms with Crippen molar-refractivity contribution in [2.45, 2.75) is 97.4 Å². The summed E-state index contributed by atoms with van der Waals surface area (Å²) < 4.78 is 0. The minimum atomic E-state index is -0.901. The maximum Gasteiger partial charge on any atom is 0.326 e. The average molecular weight is 328 g/mol. The lowest BCUT2D eigenvalue weighted by Gasteiger charge is -2.29. The van der Waals surface area contributed by atoms with Crippen molar-refractivity contribution in [2.75, 3.05) is 7.05 Å². The predicted molar refractivity (Wildman–Crippen MR) is 95.5 cm³/mol. The highest BCUT2D eigenvalue weighted by Crippen LogP contribution is 2.16. The molecule has 0 bridgehead atoms. The molecule has 4 heteroatoms. The zero-order valence-corrected chi connectivity index (χ0v) is 15.6. The van der Waals surface area contributed by atoms with E-state index < -0.39 is 12.0 Å². The molecule has 0 saturated carbocycles. The Balaban J connectivity index is 3.89. The van der Waals surface area contributed by atoms with E-state index in [1.165, 1.54) is 49.8 Å². The number of carboxylic acid groups (broad SMARTS) is 1. The third kappa shape index (κ3) is 9.62. The van der Waals surface area contributed by atoms with Gasteiger partial charge in [0.05, 0.1) is 0 Å². The van der Waals surface area contributed by atoms with Gasteiger partial charge < -0.3 is 10.0 Å². The fourth-order valence-corrected chi connectivity index (χ4v) is 2.93. The summed E-state index contributed by atoms with van der Waals surface area (Å²) in [5.41, 5.74) is 0. The molecule has 0 radical (unpaired) electrons. The van der Waals surface area contributed by atoms with Crippen molar-refractivity contribution in [1.29, 1.82) is 0 Å². The van der Waals surface area contributed by atoms with Crippen LogP contribution in [0.5, 0.6) is 0 Å². The van der Waals surface area contributed by atoms with Gasteiger partial charge in [-0.05, 0) is 12.3 Å². The summed E-state index contributed by atoms with van der Waals surface area (Å²) in [4.78, 5) is 25.0. The van der Waals surface area contributed by atoms with Crippen LogP contribution in [0, 0.1) is 5.92 Å². The number of carbonyl (C=O) groups is 2. The van der Waals surface area contributed by atoms with E-state index in [1.807, 2.05) is 13.8 Å². The maximum atomic E-state index is 12.2. The number of carbonyl (C=O) groups excluding carboxylic acids is 1. The fourth-order valence-electron chi connectivity index (χ4n) is 2.93. The van der Waals surface area contributed by atoms with Crippen LogP contribution < -0.4 is 0 Å². The van der Waals surface area contributed by atoms with E-state index in [-0.39, 0.29) is 11.8 Å². The van der Waals surface area contributed by atoms with E-state index in [0.29, 0.717) is 6.42 Å². The molecular formula is C19H37NO3. The molecule has 2 atom stereocenters. The summed E-state index contributed by atoms with van der Waals surface area (Å²) in [6, 6.07) is -0.703. The van der Waals surface area contributed by atoms with Crippen LogP contribution in [0.4, 0.5) is 0 Å². The molecule has 0 aliphatic heterocycles. The quantitative estimate of drug-likeness (QED) is 0.463. The Morgan fingerprint density at radius 3 is 1.83 bits per heavy atom. The van der Waals surface area contributed by atoms with Crippen molar-refractivity contribution in [3.8, 4) is 0 Å². The van der Waals surface area contributed by atoms with Gasteiger partial charge in [0.15, 0.2) is 0 Å². The third-order valence-electron chi connectivity index (χ3n) is 4.74. The summed E-state index contributed by atoms with van der Waals surface area (Å²) in [6.45, 7) is 6.07.